The number of para-hydroxylation sites is 1. The SMILES string of the molecule is CCc1cccc2c1[nH]c1cc(NC(=O)c3cn4ccc(C)cc4n3)ccc12. The summed E-state index contributed by atoms with van der Waals surface area (Å²) < 4.78 is 1.86. The monoisotopic (exact) mass is 368 g/mol. The fourth-order valence-corrected chi connectivity index (χ4v) is 3.75. The molecule has 28 heavy (non-hydrogen) atoms. The molecule has 0 atom stereocenters. The number of nitrogens with zero attached hydrogens (tertiary/aromatic N) is 2. The third-order valence-electron chi connectivity index (χ3n) is 5.21. The lowest BCUT2D eigenvalue weighted by molar-refractivity contribution is 0.102. The minimum atomic E-state index is -0.217. The third-order valence-corrected chi connectivity index (χ3v) is 5.21. The van der Waals surface area contributed by atoms with E-state index in [1.54, 1.807) is 6.20 Å². The number of imidazole rings is 1. The highest BCUT2D eigenvalue weighted by molar-refractivity contribution is 6.10. The van der Waals surface area contributed by atoms with E-state index >= 15 is 0 Å². The Hall–Kier alpha value is -3.60. The van der Waals surface area contributed by atoms with Gasteiger partial charge in [0.05, 0.1) is 0 Å². The van der Waals surface area contributed by atoms with Crippen molar-refractivity contribution >= 4 is 39.0 Å². The normalized spacial score (nSPS) is 11.5. The van der Waals surface area contributed by atoms with Crippen molar-refractivity contribution in [2.75, 3.05) is 5.32 Å². The first-order chi connectivity index (χ1) is 13.6. The molecule has 3 heterocycles. The van der Waals surface area contributed by atoms with Crippen molar-refractivity contribution in [1.82, 2.24) is 14.4 Å². The molecule has 0 aliphatic rings. The molecule has 5 heteroatoms. The number of carbonyl (C=O) groups excluding carboxylic acids is 1. The number of carbonyl (C=O) groups is 1. The molecule has 0 spiro atoms. The predicted octanol–water partition coefficient (Wildman–Crippen LogP) is 5.09. The number of anilines is 1. The molecular weight excluding hydrogens is 348 g/mol. The highest BCUT2D eigenvalue weighted by atomic mass is 16.1. The largest absolute Gasteiger partial charge is 0.354 e. The zero-order valence-corrected chi connectivity index (χ0v) is 15.8. The van der Waals surface area contributed by atoms with Crippen molar-refractivity contribution in [2.24, 2.45) is 0 Å². The Balaban J connectivity index is 1.50. The number of aromatic nitrogens is 3. The van der Waals surface area contributed by atoms with E-state index in [9.17, 15) is 4.79 Å². The Bertz CT molecular complexity index is 1360. The zero-order valence-electron chi connectivity index (χ0n) is 15.8. The third kappa shape index (κ3) is 2.63. The minimum absolute atomic E-state index is 0.217. The van der Waals surface area contributed by atoms with Crippen molar-refractivity contribution in [2.45, 2.75) is 20.3 Å². The van der Waals surface area contributed by atoms with Gasteiger partial charge in [-0.2, -0.15) is 0 Å². The molecule has 0 radical (unpaired) electrons. The van der Waals surface area contributed by atoms with Crippen molar-refractivity contribution in [1.29, 1.82) is 0 Å². The van der Waals surface area contributed by atoms with E-state index < -0.39 is 0 Å². The molecule has 2 N–H and O–H groups in total. The lowest BCUT2D eigenvalue weighted by atomic mass is 10.1. The smallest absolute Gasteiger partial charge is 0.275 e. The predicted molar refractivity (Wildman–Crippen MR) is 113 cm³/mol. The number of aromatic amines is 1. The molecule has 0 saturated heterocycles. The highest BCUT2D eigenvalue weighted by Crippen LogP contribution is 2.29. The van der Waals surface area contributed by atoms with Crippen molar-refractivity contribution < 1.29 is 4.79 Å². The van der Waals surface area contributed by atoms with Crippen molar-refractivity contribution in [3.63, 3.8) is 0 Å². The quantitative estimate of drug-likeness (QED) is 0.466. The maximum Gasteiger partial charge on any atom is 0.275 e. The van der Waals surface area contributed by atoms with Gasteiger partial charge in [-0.15, -0.1) is 0 Å². The Morgan fingerprint density at radius 2 is 2.04 bits per heavy atom. The molecule has 5 nitrogen and oxygen atoms in total. The summed E-state index contributed by atoms with van der Waals surface area (Å²) in [6, 6.07) is 16.3. The summed E-state index contributed by atoms with van der Waals surface area (Å²) in [5, 5.41) is 5.33. The Morgan fingerprint density at radius 1 is 1.14 bits per heavy atom. The van der Waals surface area contributed by atoms with E-state index in [4.69, 9.17) is 0 Å². The van der Waals surface area contributed by atoms with Crippen molar-refractivity contribution in [3.05, 3.63) is 77.7 Å². The first-order valence-corrected chi connectivity index (χ1v) is 9.42. The molecule has 1 amide bonds. The van der Waals surface area contributed by atoms with Gasteiger partial charge in [-0.1, -0.05) is 31.2 Å². The molecule has 0 saturated carbocycles. The number of benzene rings is 2. The van der Waals surface area contributed by atoms with Crippen LogP contribution in [0.1, 0.15) is 28.5 Å². The topological polar surface area (TPSA) is 62.2 Å². The van der Waals surface area contributed by atoms with Gasteiger partial charge in [-0.3, -0.25) is 4.79 Å². The summed E-state index contributed by atoms with van der Waals surface area (Å²) >= 11 is 0. The molecule has 138 valence electrons. The maximum atomic E-state index is 12.7. The molecule has 5 rings (SSSR count). The van der Waals surface area contributed by atoms with Crippen LogP contribution in [0, 0.1) is 6.92 Å². The second-order valence-electron chi connectivity index (χ2n) is 7.13. The lowest BCUT2D eigenvalue weighted by Gasteiger charge is -2.03. The maximum absolute atomic E-state index is 12.7. The number of nitrogens with one attached hydrogen (secondary N) is 2. The molecule has 0 fully saturated rings. The van der Waals surface area contributed by atoms with E-state index in [-0.39, 0.29) is 5.91 Å². The van der Waals surface area contributed by atoms with E-state index in [2.05, 4.69) is 46.5 Å². The van der Waals surface area contributed by atoms with Gasteiger partial charge in [0.15, 0.2) is 0 Å². The van der Waals surface area contributed by atoms with Crippen LogP contribution >= 0.6 is 0 Å². The number of hydrogen-bond donors (Lipinski definition) is 2. The van der Waals surface area contributed by atoms with Crippen LogP contribution in [0.25, 0.3) is 27.5 Å². The van der Waals surface area contributed by atoms with Gasteiger partial charge in [0.2, 0.25) is 0 Å². The van der Waals surface area contributed by atoms with Crippen LogP contribution in [0.15, 0.2) is 60.9 Å². The first-order valence-electron chi connectivity index (χ1n) is 9.42. The van der Waals surface area contributed by atoms with E-state index in [1.807, 2.05) is 41.8 Å². The standard InChI is InChI=1S/C23H20N4O/c1-3-15-5-4-6-18-17-8-7-16(12-19(17)26-22(15)18)24-23(28)20-13-27-10-9-14(2)11-21(27)25-20/h4-13,26H,3H2,1-2H3,(H,24,28). The summed E-state index contributed by atoms with van der Waals surface area (Å²) in [5.74, 6) is -0.217. The summed E-state index contributed by atoms with van der Waals surface area (Å²) in [4.78, 5) is 20.6. The van der Waals surface area contributed by atoms with Gasteiger partial charge < -0.3 is 14.7 Å². The Labute approximate surface area is 162 Å². The average Bonchev–Trinajstić information content (AvgIpc) is 3.28. The average molecular weight is 368 g/mol. The Kier molecular flexibility index (Phi) is 3.69. The van der Waals surface area contributed by atoms with Gasteiger partial charge in [-0.25, -0.2) is 4.98 Å². The molecular formula is C23H20N4O. The summed E-state index contributed by atoms with van der Waals surface area (Å²) in [7, 11) is 0. The van der Waals surface area contributed by atoms with Crippen LogP contribution in [0.3, 0.4) is 0 Å². The molecule has 0 aliphatic carbocycles. The van der Waals surface area contributed by atoms with Crippen LogP contribution in [-0.2, 0) is 6.42 Å². The van der Waals surface area contributed by atoms with E-state index in [0.717, 1.165) is 34.2 Å². The van der Waals surface area contributed by atoms with Crippen LogP contribution in [-0.4, -0.2) is 20.3 Å². The van der Waals surface area contributed by atoms with Crippen LogP contribution in [0.4, 0.5) is 5.69 Å². The van der Waals surface area contributed by atoms with Crippen LogP contribution in [0.5, 0.6) is 0 Å². The van der Waals surface area contributed by atoms with E-state index in [0.29, 0.717) is 5.69 Å². The summed E-state index contributed by atoms with van der Waals surface area (Å²) in [5.41, 5.74) is 6.49. The lowest BCUT2D eigenvalue weighted by Crippen LogP contribution is -2.12. The number of fused-ring (bicyclic) bond motifs is 4. The molecule has 0 aliphatic heterocycles. The van der Waals surface area contributed by atoms with E-state index in [1.165, 1.54) is 16.5 Å². The minimum Gasteiger partial charge on any atom is -0.354 e. The van der Waals surface area contributed by atoms with Gasteiger partial charge in [0.25, 0.3) is 5.91 Å². The van der Waals surface area contributed by atoms with Gasteiger partial charge in [-0.05, 0) is 48.7 Å². The number of rotatable bonds is 3. The molecule has 2 aromatic carbocycles. The van der Waals surface area contributed by atoms with Gasteiger partial charge in [0.1, 0.15) is 11.3 Å². The number of hydrogen-bond acceptors (Lipinski definition) is 2. The van der Waals surface area contributed by atoms with Gasteiger partial charge in [0, 0.05) is 39.9 Å². The number of H-pyrrole nitrogens is 1. The van der Waals surface area contributed by atoms with Crippen LogP contribution in [0.2, 0.25) is 0 Å². The molecule has 3 aromatic heterocycles. The fraction of sp³-hybridized carbons (Fsp3) is 0.130. The zero-order chi connectivity index (χ0) is 19.3. The number of aryl methyl sites for hydroxylation is 2. The second kappa shape index (κ2) is 6.23. The Morgan fingerprint density at radius 3 is 2.89 bits per heavy atom. The fourth-order valence-electron chi connectivity index (χ4n) is 3.75. The number of amides is 1. The summed E-state index contributed by atoms with van der Waals surface area (Å²) in [6.45, 7) is 4.16. The number of pyridine rings is 1. The molecule has 0 bridgehead atoms. The molecule has 5 aromatic rings. The first kappa shape index (κ1) is 16.6. The summed E-state index contributed by atoms with van der Waals surface area (Å²) in [6.07, 6.45) is 4.64. The van der Waals surface area contributed by atoms with Gasteiger partial charge >= 0.3 is 0 Å². The highest BCUT2D eigenvalue weighted by Gasteiger charge is 2.13. The van der Waals surface area contributed by atoms with Crippen molar-refractivity contribution in [3.8, 4) is 0 Å². The second-order valence-corrected chi connectivity index (χ2v) is 7.13. The van der Waals surface area contributed by atoms with Crippen LogP contribution < -0.4 is 5.32 Å². The molecule has 0 unspecified atom stereocenters.